The van der Waals surface area contributed by atoms with E-state index in [-0.39, 0.29) is 18.1 Å². The molecule has 2 rings (SSSR count). The van der Waals surface area contributed by atoms with E-state index in [4.69, 9.17) is 5.11 Å². The maximum Gasteiger partial charge on any atom is 0.325 e. The van der Waals surface area contributed by atoms with Gasteiger partial charge in [-0.25, -0.2) is 4.79 Å². The van der Waals surface area contributed by atoms with Gasteiger partial charge in [0.1, 0.15) is 6.54 Å². The van der Waals surface area contributed by atoms with Gasteiger partial charge in [-0.2, -0.15) is 5.10 Å². The van der Waals surface area contributed by atoms with Gasteiger partial charge in [0.05, 0.1) is 11.9 Å². The number of likely N-dealkylation sites (tertiary alicyclic amines) is 1. The van der Waals surface area contributed by atoms with Crippen LogP contribution in [0.25, 0.3) is 0 Å². The van der Waals surface area contributed by atoms with Gasteiger partial charge in [-0.3, -0.25) is 9.48 Å². The van der Waals surface area contributed by atoms with Crippen molar-refractivity contribution in [2.45, 2.75) is 38.8 Å². The third kappa shape index (κ3) is 3.04. The Kier molecular flexibility index (Phi) is 3.46. The predicted octanol–water partition coefficient (Wildman–Crippen LogP) is 1.37. The minimum absolute atomic E-state index is 0.138. The number of nitrogens with one attached hydrogen (secondary N) is 1. The van der Waals surface area contributed by atoms with Crippen molar-refractivity contribution in [1.82, 2.24) is 14.7 Å². The number of anilines is 1. The van der Waals surface area contributed by atoms with Crippen molar-refractivity contribution in [3.8, 4) is 0 Å². The van der Waals surface area contributed by atoms with Crippen molar-refractivity contribution >= 4 is 17.7 Å². The van der Waals surface area contributed by atoms with Crippen LogP contribution in [0, 0.1) is 0 Å². The summed E-state index contributed by atoms with van der Waals surface area (Å²) < 4.78 is 1.27. The van der Waals surface area contributed by atoms with E-state index >= 15 is 0 Å². The number of carbonyl (C=O) groups is 2. The Morgan fingerprint density at radius 1 is 1.53 bits per heavy atom. The molecule has 0 saturated carbocycles. The molecule has 2 heterocycles. The second-order valence-electron chi connectivity index (χ2n) is 5.32. The second-order valence-corrected chi connectivity index (χ2v) is 5.32. The molecule has 0 spiro atoms. The van der Waals surface area contributed by atoms with E-state index in [1.165, 1.54) is 17.1 Å². The molecule has 0 aromatic carbocycles. The summed E-state index contributed by atoms with van der Waals surface area (Å²) in [5, 5.41) is 15.3. The molecule has 1 saturated heterocycles. The Morgan fingerprint density at radius 3 is 2.84 bits per heavy atom. The first-order chi connectivity index (χ1) is 8.88. The Bertz CT molecular complexity index is 495. The summed E-state index contributed by atoms with van der Waals surface area (Å²) in [6, 6.07) is -0.169. The van der Waals surface area contributed by atoms with Crippen LogP contribution in [0.3, 0.4) is 0 Å². The Labute approximate surface area is 111 Å². The standard InChI is InChI=1S/C12H18N4O3/c1-12(2)4-3-5-16(12)11(19)14-9-6-13-15(7-9)8-10(17)18/h6-7H,3-5,8H2,1-2H3,(H,14,19)(H,17,18). The number of carbonyl (C=O) groups excluding carboxylic acids is 1. The van der Waals surface area contributed by atoms with Gasteiger partial charge in [-0.05, 0) is 26.7 Å². The topological polar surface area (TPSA) is 87.5 Å². The molecule has 1 aromatic heterocycles. The Hall–Kier alpha value is -2.05. The molecule has 0 bridgehead atoms. The van der Waals surface area contributed by atoms with Crippen LogP contribution in [0.5, 0.6) is 0 Å². The molecule has 1 fully saturated rings. The number of hydrogen-bond donors (Lipinski definition) is 2. The number of carboxylic acid groups (broad SMARTS) is 1. The van der Waals surface area contributed by atoms with E-state index in [2.05, 4.69) is 10.4 Å². The lowest BCUT2D eigenvalue weighted by Crippen LogP contribution is -2.44. The molecule has 1 aromatic rings. The SMILES string of the molecule is CC1(C)CCCN1C(=O)Nc1cnn(CC(=O)O)c1. The molecule has 0 atom stereocenters. The molecule has 1 aliphatic heterocycles. The lowest BCUT2D eigenvalue weighted by molar-refractivity contribution is -0.137. The summed E-state index contributed by atoms with van der Waals surface area (Å²) in [6.45, 7) is 4.59. The fourth-order valence-electron chi connectivity index (χ4n) is 2.33. The quantitative estimate of drug-likeness (QED) is 0.865. The van der Waals surface area contributed by atoms with Crippen molar-refractivity contribution < 1.29 is 14.7 Å². The summed E-state index contributed by atoms with van der Waals surface area (Å²) in [4.78, 5) is 24.5. The van der Waals surface area contributed by atoms with E-state index in [0.717, 1.165) is 19.4 Å². The van der Waals surface area contributed by atoms with Crippen LogP contribution in [0.2, 0.25) is 0 Å². The summed E-state index contributed by atoms with van der Waals surface area (Å²) in [7, 11) is 0. The van der Waals surface area contributed by atoms with E-state index in [0.29, 0.717) is 5.69 Å². The van der Waals surface area contributed by atoms with Gasteiger partial charge in [0.25, 0.3) is 0 Å². The maximum atomic E-state index is 12.1. The predicted molar refractivity (Wildman–Crippen MR) is 68.9 cm³/mol. The second kappa shape index (κ2) is 4.91. The fourth-order valence-corrected chi connectivity index (χ4v) is 2.33. The number of hydrogen-bond acceptors (Lipinski definition) is 3. The third-order valence-electron chi connectivity index (χ3n) is 3.33. The maximum absolute atomic E-state index is 12.1. The fraction of sp³-hybridized carbons (Fsp3) is 0.583. The summed E-state index contributed by atoms with van der Waals surface area (Å²) in [5.41, 5.74) is 0.371. The van der Waals surface area contributed by atoms with Crippen LogP contribution in [-0.4, -0.2) is 43.9 Å². The largest absolute Gasteiger partial charge is 0.480 e. The Morgan fingerprint density at radius 2 is 2.26 bits per heavy atom. The minimum atomic E-state index is -0.971. The lowest BCUT2D eigenvalue weighted by Gasteiger charge is -2.31. The van der Waals surface area contributed by atoms with E-state index in [1.54, 1.807) is 4.90 Å². The highest BCUT2D eigenvalue weighted by Crippen LogP contribution is 2.28. The number of amides is 2. The zero-order chi connectivity index (χ0) is 14.0. The average Bonchev–Trinajstić information content (AvgIpc) is 2.84. The first-order valence-corrected chi connectivity index (χ1v) is 6.21. The van der Waals surface area contributed by atoms with Crippen molar-refractivity contribution in [3.05, 3.63) is 12.4 Å². The number of aromatic nitrogens is 2. The van der Waals surface area contributed by atoms with Crippen LogP contribution in [0.4, 0.5) is 10.5 Å². The minimum Gasteiger partial charge on any atom is -0.480 e. The van der Waals surface area contributed by atoms with Gasteiger partial charge in [0, 0.05) is 18.3 Å². The number of aliphatic carboxylic acids is 1. The highest BCUT2D eigenvalue weighted by Gasteiger charge is 2.35. The zero-order valence-electron chi connectivity index (χ0n) is 11.1. The van der Waals surface area contributed by atoms with Crippen LogP contribution < -0.4 is 5.32 Å². The summed E-state index contributed by atoms with van der Waals surface area (Å²) >= 11 is 0. The van der Waals surface area contributed by atoms with E-state index in [9.17, 15) is 9.59 Å². The average molecular weight is 266 g/mol. The van der Waals surface area contributed by atoms with Gasteiger partial charge in [0.15, 0.2) is 0 Å². The van der Waals surface area contributed by atoms with Crippen molar-refractivity contribution in [1.29, 1.82) is 0 Å². The van der Waals surface area contributed by atoms with Gasteiger partial charge >= 0.3 is 12.0 Å². The first-order valence-electron chi connectivity index (χ1n) is 6.21. The molecule has 7 nitrogen and oxygen atoms in total. The molecule has 1 aliphatic rings. The molecule has 0 radical (unpaired) electrons. The molecular formula is C12H18N4O3. The number of rotatable bonds is 3. The van der Waals surface area contributed by atoms with Gasteiger partial charge in [-0.15, -0.1) is 0 Å². The van der Waals surface area contributed by atoms with Crippen LogP contribution in [0.15, 0.2) is 12.4 Å². The van der Waals surface area contributed by atoms with Crippen LogP contribution in [-0.2, 0) is 11.3 Å². The number of carboxylic acids is 1. The van der Waals surface area contributed by atoms with Gasteiger partial charge < -0.3 is 15.3 Å². The molecule has 2 amide bonds. The van der Waals surface area contributed by atoms with Crippen molar-refractivity contribution in [3.63, 3.8) is 0 Å². The van der Waals surface area contributed by atoms with Gasteiger partial charge in [-0.1, -0.05) is 0 Å². The molecule has 0 aliphatic carbocycles. The smallest absolute Gasteiger partial charge is 0.325 e. The monoisotopic (exact) mass is 266 g/mol. The highest BCUT2D eigenvalue weighted by molar-refractivity contribution is 5.89. The zero-order valence-corrected chi connectivity index (χ0v) is 11.1. The summed E-state index contributed by atoms with van der Waals surface area (Å²) in [6.07, 6.45) is 4.94. The van der Waals surface area contributed by atoms with E-state index in [1.807, 2.05) is 13.8 Å². The van der Waals surface area contributed by atoms with Crippen molar-refractivity contribution in [2.24, 2.45) is 0 Å². The van der Waals surface area contributed by atoms with Crippen LogP contribution >= 0.6 is 0 Å². The van der Waals surface area contributed by atoms with Gasteiger partial charge in [0.2, 0.25) is 0 Å². The Balaban J connectivity index is 1.99. The lowest BCUT2D eigenvalue weighted by atomic mass is 10.0. The van der Waals surface area contributed by atoms with Crippen LogP contribution in [0.1, 0.15) is 26.7 Å². The number of nitrogens with zero attached hydrogens (tertiary/aromatic N) is 3. The molecule has 19 heavy (non-hydrogen) atoms. The molecule has 0 unspecified atom stereocenters. The molecule has 104 valence electrons. The molecule has 2 N–H and O–H groups in total. The normalized spacial score (nSPS) is 17.5. The first kappa shape index (κ1) is 13.4. The number of urea groups is 1. The van der Waals surface area contributed by atoms with E-state index < -0.39 is 5.97 Å². The highest BCUT2D eigenvalue weighted by atomic mass is 16.4. The third-order valence-corrected chi connectivity index (χ3v) is 3.33. The van der Waals surface area contributed by atoms with Crippen molar-refractivity contribution in [2.75, 3.05) is 11.9 Å². The molecular weight excluding hydrogens is 248 g/mol. The summed E-state index contributed by atoms with van der Waals surface area (Å²) in [5.74, 6) is -0.971. The molecule has 7 heteroatoms.